The molecule has 0 unspecified atom stereocenters. The fourth-order valence-electron chi connectivity index (χ4n) is 1.49. The first-order valence-corrected chi connectivity index (χ1v) is 8.44. The van der Waals surface area contributed by atoms with Crippen molar-refractivity contribution >= 4 is 56.6 Å². The smallest absolute Gasteiger partial charge is 0.347 e. The summed E-state index contributed by atoms with van der Waals surface area (Å²) in [4.78, 5) is 27.1. The third kappa shape index (κ3) is 4.55. The molecule has 21 heavy (non-hydrogen) atoms. The Balaban J connectivity index is 1.90. The Kier molecular flexibility index (Phi) is 5.38. The fraction of sp³-hybridized carbons (Fsp3) is 0.154. The maximum atomic E-state index is 11.8. The number of hydrogen-bond acceptors (Lipinski definition) is 5. The molecule has 0 bridgehead atoms. The second-order valence-electron chi connectivity index (χ2n) is 4.04. The molecule has 5 nitrogen and oxygen atoms in total. The molecule has 0 spiro atoms. The van der Waals surface area contributed by atoms with Gasteiger partial charge in [0.1, 0.15) is 4.88 Å². The molecule has 1 aromatic heterocycles. The topological polar surface area (TPSA) is 79.3 Å². The molecular weight excluding hydrogens is 376 g/mol. The van der Waals surface area contributed by atoms with Gasteiger partial charge in [-0.05, 0) is 31.2 Å². The first-order chi connectivity index (χ1) is 9.95. The number of carboxylic acids is 1. The Morgan fingerprint density at radius 2 is 2.05 bits per heavy atom. The molecule has 0 saturated heterocycles. The van der Waals surface area contributed by atoms with Crippen LogP contribution in [0.2, 0.25) is 0 Å². The summed E-state index contributed by atoms with van der Waals surface area (Å²) in [6, 6.07) is 7.27. The number of thiazole rings is 1. The van der Waals surface area contributed by atoms with E-state index in [0.29, 0.717) is 15.7 Å². The predicted molar refractivity (Wildman–Crippen MR) is 87.3 cm³/mol. The number of thioether (sulfide) groups is 1. The monoisotopic (exact) mass is 386 g/mol. The van der Waals surface area contributed by atoms with Crippen molar-refractivity contribution in [1.82, 2.24) is 4.98 Å². The van der Waals surface area contributed by atoms with Crippen molar-refractivity contribution in [3.05, 3.63) is 39.3 Å². The molecule has 2 rings (SSSR count). The Morgan fingerprint density at radius 1 is 1.38 bits per heavy atom. The molecule has 0 radical (unpaired) electrons. The summed E-state index contributed by atoms with van der Waals surface area (Å²) in [6.45, 7) is 1.64. The van der Waals surface area contributed by atoms with Crippen LogP contribution in [0.25, 0.3) is 0 Å². The van der Waals surface area contributed by atoms with E-state index in [4.69, 9.17) is 5.11 Å². The van der Waals surface area contributed by atoms with E-state index in [0.717, 1.165) is 15.8 Å². The van der Waals surface area contributed by atoms with Crippen molar-refractivity contribution in [2.45, 2.75) is 11.3 Å². The van der Waals surface area contributed by atoms with E-state index in [1.807, 2.05) is 12.1 Å². The largest absolute Gasteiger partial charge is 0.477 e. The zero-order valence-electron chi connectivity index (χ0n) is 10.9. The SMILES string of the molecule is Cc1nc(SCC(=O)Nc2ccc(Br)cc2)sc1C(=O)O. The summed E-state index contributed by atoms with van der Waals surface area (Å²) in [7, 11) is 0. The Labute approximate surface area is 137 Å². The van der Waals surface area contributed by atoms with E-state index < -0.39 is 5.97 Å². The number of aryl methyl sites for hydroxylation is 1. The first-order valence-electron chi connectivity index (χ1n) is 5.84. The van der Waals surface area contributed by atoms with Gasteiger partial charge < -0.3 is 10.4 Å². The molecule has 2 aromatic rings. The van der Waals surface area contributed by atoms with Crippen LogP contribution in [0.4, 0.5) is 5.69 Å². The van der Waals surface area contributed by atoms with Gasteiger partial charge in [0.25, 0.3) is 0 Å². The first kappa shape index (κ1) is 16.0. The van der Waals surface area contributed by atoms with Gasteiger partial charge in [-0.2, -0.15) is 0 Å². The highest BCUT2D eigenvalue weighted by atomic mass is 79.9. The molecule has 0 aliphatic heterocycles. The number of aromatic carboxylic acids is 1. The van der Waals surface area contributed by atoms with Gasteiger partial charge in [-0.15, -0.1) is 11.3 Å². The number of benzene rings is 1. The lowest BCUT2D eigenvalue weighted by Crippen LogP contribution is -2.13. The van der Waals surface area contributed by atoms with Crippen LogP contribution in [0.3, 0.4) is 0 Å². The highest BCUT2D eigenvalue weighted by molar-refractivity contribution is 9.10. The molecule has 0 atom stereocenters. The molecule has 1 amide bonds. The van der Waals surface area contributed by atoms with Gasteiger partial charge >= 0.3 is 5.97 Å². The summed E-state index contributed by atoms with van der Waals surface area (Å²) >= 11 is 5.63. The predicted octanol–water partition coefficient (Wildman–Crippen LogP) is 3.64. The number of amides is 1. The van der Waals surface area contributed by atoms with E-state index in [1.54, 1.807) is 19.1 Å². The van der Waals surface area contributed by atoms with E-state index >= 15 is 0 Å². The number of nitrogens with zero attached hydrogens (tertiary/aromatic N) is 1. The van der Waals surface area contributed by atoms with Crippen molar-refractivity contribution in [2.24, 2.45) is 0 Å². The average Bonchev–Trinajstić information content (AvgIpc) is 2.81. The molecule has 110 valence electrons. The average molecular weight is 387 g/mol. The lowest BCUT2D eigenvalue weighted by atomic mass is 10.3. The number of anilines is 1. The van der Waals surface area contributed by atoms with E-state index in [2.05, 4.69) is 26.2 Å². The number of aromatic nitrogens is 1. The van der Waals surface area contributed by atoms with Gasteiger partial charge in [-0.1, -0.05) is 27.7 Å². The lowest BCUT2D eigenvalue weighted by molar-refractivity contribution is -0.113. The van der Waals surface area contributed by atoms with Crippen LogP contribution in [0.5, 0.6) is 0 Å². The standard InChI is InChI=1S/C13H11BrN2O3S2/c1-7-11(12(18)19)21-13(15-7)20-6-10(17)16-9-4-2-8(14)3-5-9/h2-5H,6H2,1H3,(H,16,17)(H,18,19). The second-order valence-corrected chi connectivity index (χ2v) is 7.18. The Morgan fingerprint density at radius 3 is 2.62 bits per heavy atom. The quantitative estimate of drug-likeness (QED) is 0.766. The summed E-state index contributed by atoms with van der Waals surface area (Å²) < 4.78 is 1.52. The molecule has 0 aliphatic carbocycles. The van der Waals surface area contributed by atoms with Gasteiger partial charge in [-0.25, -0.2) is 9.78 Å². The van der Waals surface area contributed by atoms with Gasteiger partial charge in [0.05, 0.1) is 11.4 Å². The van der Waals surface area contributed by atoms with Crippen LogP contribution < -0.4 is 5.32 Å². The number of carbonyl (C=O) groups excluding carboxylic acids is 1. The van der Waals surface area contributed by atoms with Gasteiger partial charge in [0, 0.05) is 10.2 Å². The highest BCUT2D eigenvalue weighted by Gasteiger charge is 2.15. The zero-order valence-corrected chi connectivity index (χ0v) is 14.1. The van der Waals surface area contributed by atoms with E-state index in [-0.39, 0.29) is 16.5 Å². The van der Waals surface area contributed by atoms with Crippen LogP contribution >= 0.6 is 39.0 Å². The number of hydrogen-bond donors (Lipinski definition) is 2. The Hall–Kier alpha value is -1.38. The zero-order chi connectivity index (χ0) is 15.4. The molecule has 0 fully saturated rings. The molecule has 0 aliphatic rings. The third-order valence-electron chi connectivity index (χ3n) is 2.43. The van der Waals surface area contributed by atoms with E-state index in [1.165, 1.54) is 11.8 Å². The van der Waals surface area contributed by atoms with Crippen molar-refractivity contribution in [3.8, 4) is 0 Å². The highest BCUT2D eigenvalue weighted by Crippen LogP contribution is 2.27. The fourth-order valence-corrected chi connectivity index (χ4v) is 3.58. The maximum Gasteiger partial charge on any atom is 0.347 e. The molecule has 8 heteroatoms. The van der Waals surface area contributed by atoms with Crippen LogP contribution in [0.15, 0.2) is 33.1 Å². The molecule has 1 aromatic carbocycles. The number of carboxylic acid groups (broad SMARTS) is 1. The van der Waals surface area contributed by atoms with Crippen molar-refractivity contribution in [1.29, 1.82) is 0 Å². The summed E-state index contributed by atoms with van der Waals surface area (Å²) in [6.07, 6.45) is 0. The van der Waals surface area contributed by atoms with Gasteiger partial charge in [-0.3, -0.25) is 4.79 Å². The third-order valence-corrected chi connectivity index (χ3v) is 5.24. The number of carbonyl (C=O) groups is 2. The van der Waals surface area contributed by atoms with Crippen molar-refractivity contribution in [3.63, 3.8) is 0 Å². The van der Waals surface area contributed by atoms with Crippen LogP contribution in [-0.4, -0.2) is 27.7 Å². The number of halogens is 1. The molecular formula is C13H11BrN2O3S2. The summed E-state index contributed by atoms with van der Waals surface area (Å²) in [5, 5.41) is 11.7. The van der Waals surface area contributed by atoms with Gasteiger partial charge in [0.15, 0.2) is 4.34 Å². The Bertz CT molecular complexity index is 671. The molecule has 1 heterocycles. The minimum Gasteiger partial charge on any atom is -0.477 e. The van der Waals surface area contributed by atoms with Crippen molar-refractivity contribution in [2.75, 3.05) is 11.1 Å². The van der Waals surface area contributed by atoms with Crippen LogP contribution in [0.1, 0.15) is 15.4 Å². The molecule has 0 saturated carbocycles. The second kappa shape index (κ2) is 7.06. The van der Waals surface area contributed by atoms with Crippen molar-refractivity contribution < 1.29 is 14.7 Å². The minimum absolute atomic E-state index is 0.160. The lowest BCUT2D eigenvalue weighted by Gasteiger charge is -2.03. The summed E-state index contributed by atoms with van der Waals surface area (Å²) in [5.41, 5.74) is 1.19. The van der Waals surface area contributed by atoms with Crippen LogP contribution in [-0.2, 0) is 4.79 Å². The van der Waals surface area contributed by atoms with E-state index in [9.17, 15) is 9.59 Å². The molecule has 2 N–H and O–H groups in total. The number of nitrogens with one attached hydrogen (secondary N) is 1. The summed E-state index contributed by atoms with van der Waals surface area (Å²) in [5.74, 6) is -0.967. The number of rotatable bonds is 5. The normalized spacial score (nSPS) is 10.4. The van der Waals surface area contributed by atoms with Crippen LogP contribution in [0, 0.1) is 6.92 Å². The minimum atomic E-state index is -0.990. The van der Waals surface area contributed by atoms with Gasteiger partial charge in [0.2, 0.25) is 5.91 Å². The maximum absolute atomic E-state index is 11.8.